The molecule has 0 aliphatic carbocycles. The Hall–Kier alpha value is -2.24. The summed E-state index contributed by atoms with van der Waals surface area (Å²) in [6.07, 6.45) is 0.542. The maximum atomic E-state index is 12.0. The molecule has 2 N–H and O–H groups in total. The van der Waals surface area contributed by atoms with Gasteiger partial charge in [-0.3, -0.25) is 4.79 Å². The fraction of sp³-hybridized carbons (Fsp3) is 0.600. The summed E-state index contributed by atoms with van der Waals surface area (Å²) in [4.78, 5) is 24.0. The van der Waals surface area contributed by atoms with Gasteiger partial charge < -0.3 is 20.1 Å². The van der Waals surface area contributed by atoms with Gasteiger partial charge >= 0.3 is 6.09 Å². The van der Waals surface area contributed by atoms with Crippen LogP contribution in [0.5, 0.6) is 5.75 Å². The van der Waals surface area contributed by atoms with Crippen molar-refractivity contribution in [1.82, 2.24) is 10.6 Å². The van der Waals surface area contributed by atoms with Crippen LogP contribution in [0.3, 0.4) is 0 Å². The second kappa shape index (κ2) is 10.7. The number of para-hydroxylation sites is 1. The molecule has 0 aromatic heterocycles. The fourth-order valence-electron chi connectivity index (χ4n) is 2.34. The first-order chi connectivity index (χ1) is 12.2. The molecule has 1 rings (SSSR count). The number of hydrogen-bond donors (Lipinski definition) is 2. The Balaban J connectivity index is 2.37. The number of rotatable bonds is 9. The largest absolute Gasteiger partial charge is 0.493 e. The maximum Gasteiger partial charge on any atom is 0.407 e. The Labute approximate surface area is 156 Å². The number of benzene rings is 1. The van der Waals surface area contributed by atoms with E-state index in [1.54, 1.807) is 0 Å². The number of amides is 2. The summed E-state index contributed by atoms with van der Waals surface area (Å²) < 4.78 is 10.8. The SMILES string of the molecule is CC(C)C[C@@H](CNC(=O)CCOc1ccccc1)NC(=O)OC(C)(C)C. The first-order valence-electron chi connectivity index (χ1n) is 9.10. The second-order valence-corrected chi connectivity index (χ2v) is 7.69. The quantitative estimate of drug-likeness (QED) is 0.703. The van der Waals surface area contributed by atoms with E-state index in [4.69, 9.17) is 9.47 Å². The Morgan fingerprint density at radius 1 is 1.12 bits per heavy atom. The highest BCUT2D eigenvalue weighted by atomic mass is 16.6. The highest BCUT2D eigenvalue weighted by Crippen LogP contribution is 2.10. The number of carbonyl (C=O) groups is 2. The predicted octanol–water partition coefficient (Wildman–Crippen LogP) is 3.51. The van der Waals surface area contributed by atoms with Crippen molar-refractivity contribution in [2.24, 2.45) is 5.92 Å². The van der Waals surface area contributed by atoms with Crippen molar-refractivity contribution in [2.45, 2.75) is 59.1 Å². The van der Waals surface area contributed by atoms with Crippen molar-refractivity contribution in [2.75, 3.05) is 13.2 Å². The van der Waals surface area contributed by atoms with E-state index in [1.807, 2.05) is 51.1 Å². The molecule has 0 aliphatic rings. The molecule has 0 radical (unpaired) electrons. The molecule has 0 saturated carbocycles. The molecule has 0 heterocycles. The first kappa shape index (κ1) is 21.8. The minimum atomic E-state index is -0.551. The predicted molar refractivity (Wildman–Crippen MR) is 102 cm³/mol. The van der Waals surface area contributed by atoms with E-state index >= 15 is 0 Å². The van der Waals surface area contributed by atoms with Crippen LogP contribution in [0.25, 0.3) is 0 Å². The smallest absolute Gasteiger partial charge is 0.407 e. The Kier molecular flexibility index (Phi) is 8.96. The molecule has 6 nitrogen and oxygen atoms in total. The summed E-state index contributed by atoms with van der Waals surface area (Å²) >= 11 is 0. The highest BCUT2D eigenvalue weighted by molar-refractivity contribution is 5.76. The molecule has 146 valence electrons. The van der Waals surface area contributed by atoms with Gasteiger partial charge in [0.25, 0.3) is 0 Å². The number of ether oxygens (including phenoxy) is 2. The van der Waals surface area contributed by atoms with Gasteiger partial charge in [0.2, 0.25) is 5.91 Å². The van der Waals surface area contributed by atoms with Crippen LogP contribution in [-0.2, 0) is 9.53 Å². The van der Waals surface area contributed by atoms with Crippen molar-refractivity contribution in [1.29, 1.82) is 0 Å². The van der Waals surface area contributed by atoms with Crippen molar-refractivity contribution in [3.8, 4) is 5.75 Å². The number of nitrogens with one attached hydrogen (secondary N) is 2. The lowest BCUT2D eigenvalue weighted by Crippen LogP contribution is -2.46. The molecular weight excluding hydrogens is 332 g/mol. The summed E-state index contributed by atoms with van der Waals surface area (Å²) in [6.45, 7) is 10.3. The van der Waals surface area contributed by atoms with Crippen molar-refractivity contribution in [3.63, 3.8) is 0 Å². The minimum absolute atomic E-state index is 0.110. The topological polar surface area (TPSA) is 76.7 Å². The van der Waals surface area contributed by atoms with Crippen LogP contribution in [0, 0.1) is 5.92 Å². The third-order valence-electron chi connectivity index (χ3n) is 3.36. The summed E-state index contributed by atoms with van der Waals surface area (Å²) in [5.41, 5.74) is -0.551. The average Bonchev–Trinajstić information content (AvgIpc) is 2.51. The van der Waals surface area contributed by atoms with Gasteiger partial charge in [0.15, 0.2) is 0 Å². The zero-order valence-corrected chi connectivity index (χ0v) is 16.5. The van der Waals surface area contributed by atoms with E-state index in [9.17, 15) is 9.59 Å². The van der Waals surface area contributed by atoms with Gasteiger partial charge in [0, 0.05) is 12.6 Å². The van der Waals surface area contributed by atoms with Crippen LogP contribution in [0.2, 0.25) is 0 Å². The van der Waals surface area contributed by atoms with E-state index in [0.29, 0.717) is 19.1 Å². The van der Waals surface area contributed by atoms with Gasteiger partial charge in [0.1, 0.15) is 11.4 Å². The van der Waals surface area contributed by atoms with Gasteiger partial charge in [-0.2, -0.15) is 0 Å². The zero-order chi connectivity index (χ0) is 19.6. The monoisotopic (exact) mass is 364 g/mol. The minimum Gasteiger partial charge on any atom is -0.493 e. The Morgan fingerprint density at radius 3 is 2.35 bits per heavy atom. The van der Waals surface area contributed by atoms with E-state index in [2.05, 4.69) is 24.5 Å². The molecule has 1 aromatic rings. The van der Waals surface area contributed by atoms with Gasteiger partial charge in [0.05, 0.1) is 13.0 Å². The summed E-state index contributed by atoms with van der Waals surface area (Å²) in [7, 11) is 0. The molecule has 0 fully saturated rings. The lowest BCUT2D eigenvalue weighted by Gasteiger charge is -2.25. The molecule has 0 bridgehead atoms. The van der Waals surface area contributed by atoms with E-state index in [0.717, 1.165) is 12.2 Å². The van der Waals surface area contributed by atoms with Crippen molar-refractivity contribution in [3.05, 3.63) is 30.3 Å². The van der Waals surface area contributed by atoms with E-state index < -0.39 is 11.7 Å². The zero-order valence-electron chi connectivity index (χ0n) is 16.5. The molecule has 6 heteroatoms. The van der Waals surface area contributed by atoms with Gasteiger partial charge in [-0.1, -0.05) is 32.0 Å². The molecule has 1 aromatic carbocycles. The molecule has 26 heavy (non-hydrogen) atoms. The number of carbonyl (C=O) groups excluding carboxylic acids is 2. The number of hydrogen-bond acceptors (Lipinski definition) is 4. The third-order valence-corrected chi connectivity index (χ3v) is 3.36. The van der Waals surface area contributed by atoms with Crippen LogP contribution in [0.4, 0.5) is 4.79 Å². The van der Waals surface area contributed by atoms with Crippen LogP contribution in [-0.4, -0.2) is 36.8 Å². The Morgan fingerprint density at radius 2 is 1.77 bits per heavy atom. The maximum absolute atomic E-state index is 12.0. The molecule has 0 spiro atoms. The molecule has 0 saturated heterocycles. The van der Waals surface area contributed by atoms with Gasteiger partial charge in [-0.05, 0) is 45.2 Å². The van der Waals surface area contributed by atoms with E-state index in [-0.39, 0.29) is 18.4 Å². The summed E-state index contributed by atoms with van der Waals surface area (Å²) in [5, 5.41) is 5.69. The first-order valence-corrected chi connectivity index (χ1v) is 9.10. The molecule has 1 atom stereocenters. The average molecular weight is 364 g/mol. The Bertz CT molecular complexity index is 553. The van der Waals surface area contributed by atoms with Gasteiger partial charge in [-0.25, -0.2) is 4.79 Å². The van der Waals surface area contributed by atoms with Gasteiger partial charge in [-0.15, -0.1) is 0 Å². The highest BCUT2D eigenvalue weighted by Gasteiger charge is 2.20. The summed E-state index contributed by atoms with van der Waals surface area (Å²) in [6, 6.07) is 9.20. The normalized spacial score (nSPS) is 12.4. The molecular formula is C20H32N2O4. The lowest BCUT2D eigenvalue weighted by atomic mass is 10.0. The molecule has 2 amide bonds. The molecule has 0 aliphatic heterocycles. The van der Waals surface area contributed by atoms with Crippen LogP contribution < -0.4 is 15.4 Å². The third kappa shape index (κ3) is 10.6. The van der Waals surface area contributed by atoms with Crippen molar-refractivity contribution < 1.29 is 19.1 Å². The second-order valence-electron chi connectivity index (χ2n) is 7.69. The lowest BCUT2D eigenvalue weighted by molar-refractivity contribution is -0.121. The molecule has 0 unspecified atom stereocenters. The van der Waals surface area contributed by atoms with E-state index in [1.165, 1.54) is 0 Å². The number of alkyl carbamates (subject to hydrolysis) is 1. The van der Waals surface area contributed by atoms with Crippen LogP contribution in [0.15, 0.2) is 30.3 Å². The van der Waals surface area contributed by atoms with Crippen molar-refractivity contribution >= 4 is 12.0 Å². The standard InChI is InChI=1S/C20H32N2O4/c1-15(2)13-16(22-19(24)26-20(3,4)5)14-21-18(23)11-12-25-17-9-7-6-8-10-17/h6-10,15-16H,11-14H2,1-5H3,(H,21,23)(H,22,24)/t16-/m0/s1. The van der Waals surface area contributed by atoms with Crippen LogP contribution in [0.1, 0.15) is 47.5 Å². The van der Waals surface area contributed by atoms with Crippen LogP contribution >= 0.6 is 0 Å². The summed E-state index contributed by atoms with van der Waals surface area (Å²) in [5.74, 6) is 1.01. The fourth-order valence-corrected chi connectivity index (χ4v) is 2.34.